The van der Waals surface area contributed by atoms with E-state index in [1.807, 2.05) is 0 Å². The maximum Gasteiger partial charge on any atom is 0.329 e. The van der Waals surface area contributed by atoms with E-state index in [4.69, 9.17) is 5.73 Å². The van der Waals surface area contributed by atoms with Gasteiger partial charge in [0.2, 0.25) is 5.91 Å². The number of rotatable bonds is 2. The number of hydrogen-bond acceptors (Lipinski definition) is 3. The SMILES string of the molecule is Cc1cn(C(C)C(N)=O)c(=O)[nH]c1=O. The van der Waals surface area contributed by atoms with Crippen LogP contribution >= 0.6 is 0 Å². The van der Waals surface area contributed by atoms with Gasteiger partial charge in [-0.3, -0.25) is 19.1 Å². The van der Waals surface area contributed by atoms with Gasteiger partial charge in [-0.1, -0.05) is 0 Å². The summed E-state index contributed by atoms with van der Waals surface area (Å²) in [5.74, 6) is -0.626. The fraction of sp³-hybridized carbons (Fsp3) is 0.375. The van der Waals surface area contributed by atoms with Crippen molar-refractivity contribution in [2.24, 2.45) is 5.73 Å². The van der Waals surface area contributed by atoms with E-state index in [1.165, 1.54) is 13.1 Å². The van der Waals surface area contributed by atoms with Gasteiger partial charge >= 0.3 is 5.69 Å². The van der Waals surface area contributed by atoms with Crippen LogP contribution in [0.2, 0.25) is 0 Å². The first-order chi connectivity index (χ1) is 6.43. The quantitative estimate of drug-likeness (QED) is 0.629. The van der Waals surface area contributed by atoms with Crippen molar-refractivity contribution in [1.29, 1.82) is 0 Å². The lowest BCUT2D eigenvalue weighted by molar-refractivity contribution is -0.120. The Hall–Kier alpha value is -1.85. The van der Waals surface area contributed by atoms with Gasteiger partial charge < -0.3 is 5.73 Å². The molecule has 0 aliphatic rings. The lowest BCUT2D eigenvalue weighted by Crippen LogP contribution is -2.37. The average Bonchev–Trinajstić information content (AvgIpc) is 2.10. The minimum atomic E-state index is -0.766. The molecule has 76 valence electrons. The zero-order chi connectivity index (χ0) is 10.9. The molecule has 6 nitrogen and oxygen atoms in total. The third-order valence-electron chi connectivity index (χ3n) is 1.97. The van der Waals surface area contributed by atoms with E-state index in [0.717, 1.165) is 4.57 Å². The number of hydrogen-bond donors (Lipinski definition) is 2. The third kappa shape index (κ3) is 1.73. The van der Waals surface area contributed by atoms with Gasteiger partial charge in [0, 0.05) is 11.8 Å². The highest BCUT2D eigenvalue weighted by Crippen LogP contribution is 1.99. The molecule has 1 heterocycles. The van der Waals surface area contributed by atoms with Crippen molar-refractivity contribution < 1.29 is 4.79 Å². The molecular formula is C8H11N3O3. The molecule has 0 aromatic carbocycles. The summed E-state index contributed by atoms with van der Waals surface area (Å²) >= 11 is 0. The molecule has 6 heteroatoms. The number of carbonyl (C=O) groups excluding carboxylic acids is 1. The van der Waals surface area contributed by atoms with Gasteiger partial charge in [-0.25, -0.2) is 4.79 Å². The summed E-state index contributed by atoms with van der Waals surface area (Å²) < 4.78 is 1.10. The largest absolute Gasteiger partial charge is 0.368 e. The molecule has 1 rings (SSSR count). The van der Waals surface area contributed by atoms with Gasteiger partial charge in [0.15, 0.2) is 0 Å². The number of nitrogens with two attached hydrogens (primary N) is 1. The number of aromatic amines is 1. The number of H-pyrrole nitrogens is 1. The van der Waals surface area contributed by atoms with E-state index in [-0.39, 0.29) is 0 Å². The van der Waals surface area contributed by atoms with Crippen LogP contribution in [0.4, 0.5) is 0 Å². The average molecular weight is 197 g/mol. The summed E-state index contributed by atoms with van der Waals surface area (Å²) in [6.45, 7) is 3.03. The Balaban J connectivity index is 3.37. The van der Waals surface area contributed by atoms with Gasteiger partial charge in [-0.2, -0.15) is 0 Å². The molecule has 1 aromatic heterocycles. The highest BCUT2D eigenvalue weighted by Gasteiger charge is 2.13. The topological polar surface area (TPSA) is 97.9 Å². The van der Waals surface area contributed by atoms with Crippen LogP contribution in [0.1, 0.15) is 18.5 Å². The number of aromatic nitrogens is 2. The van der Waals surface area contributed by atoms with Crippen molar-refractivity contribution in [3.8, 4) is 0 Å². The molecule has 0 saturated heterocycles. The number of primary amides is 1. The monoisotopic (exact) mass is 197 g/mol. The van der Waals surface area contributed by atoms with Crippen LogP contribution in [-0.2, 0) is 4.79 Å². The van der Waals surface area contributed by atoms with E-state index in [9.17, 15) is 14.4 Å². The zero-order valence-electron chi connectivity index (χ0n) is 7.90. The molecule has 0 saturated carbocycles. The van der Waals surface area contributed by atoms with Crippen LogP contribution < -0.4 is 17.0 Å². The van der Waals surface area contributed by atoms with Crippen LogP contribution in [0.5, 0.6) is 0 Å². The molecule has 1 aromatic rings. The maximum absolute atomic E-state index is 11.2. The molecule has 0 aliphatic heterocycles. The van der Waals surface area contributed by atoms with Gasteiger partial charge in [0.1, 0.15) is 6.04 Å². The molecule has 1 atom stereocenters. The number of amides is 1. The van der Waals surface area contributed by atoms with E-state index >= 15 is 0 Å². The van der Waals surface area contributed by atoms with E-state index in [1.54, 1.807) is 6.92 Å². The van der Waals surface area contributed by atoms with Crippen molar-refractivity contribution in [2.75, 3.05) is 0 Å². The van der Waals surface area contributed by atoms with Crippen LogP contribution in [0.25, 0.3) is 0 Å². The van der Waals surface area contributed by atoms with Gasteiger partial charge in [-0.15, -0.1) is 0 Å². The third-order valence-corrected chi connectivity index (χ3v) is 1.97. The smallest absolute Gasteiger partial charge is 0.329 e. The first kappa shape index (κ1) is 10.2. The summed E-state index contributed by atoms with van der Waals surface area (Å²) in [5.41, 5.74) is 4.31. The fourth-order valence-electron chi connectivity index (χ4n) is 1.01. The molecule has 0 aliphatic carbocycles. The molecule has 14 heavy (non-hydrogen) atoms. The lowest BCUT2D eigenvalue weighted by atomic mass is 10.3. The fourth-order valence-corrected chi connectivity index (χ4v) is 1.01. The molecule has 1 amide bonds. The van der Waals surface area contributed by atoms with Crippen molar-refractivity contribution in [3.05, 3.63) is 32.6 Å². The Morgan fingerprint density at radius 2 is 2.14 bits per heavy atom. The molecule has 0 bridgehead atoms. The predicted octanol–water partition coefficient (Wildman–Crippen LogP) is -1.11. The first-order valence-electron chi connectivity index (χ1n) is 4.05. The normalized spacial score (nSPS) is 12.4. The molecular weight excluding hydrogens is 186 g/mol. The summed E-state index contributed by atoms with van der Waals surface area (Å²) in [5, 5.41) is 0. The molecule has 0 spiro atoms. The Morgan fingerprint density at radius 3 is 2.64 bits per heavy atom. The summed E-state index contributed by atoms with van der Waals surface area (Å²) in [7, 11) is 0. The van der Waals surface area contributed by atoms with Gasteiger partial charge in [-0.05, 0) is 13.8 Å². The minimum absolute atomic E-state index is 0.359. The Kier molecular flexibility index (Phi) is 2.55. The first-order valence-corrected chi connectivity index (χ1v) is 4.05. The predicted molar refractivity (Wildman–Crippen MR) is 50.0 cm³/mol. The molecule has 0 radical (unpaired) electrons. The molecule has 1 unspecified atom stereocenters. The van der Waals surface area contributed by atoms with Gasteiger partial charge in [0.25, 0.3) is 5.56 Å². The standard InChI is InChI=1S/C8H11N3O3/c1-4-3-11(5(2)6(9)12)8(14)10-7(4)13/h3,5H,1-2H3,(H2,9,12)(H,10,13,14). The number of nitrogens with zero attached hydrogens (tertiary/aromatic N) is 1. The number of nitrogens with one attached hydrogen (secondary N) is 1. The minimum Gasteiger partial charge on any atom is -0.368 e. The highest BCUT2D eigenvalue weighted by atomic mass is 16.2. The summed E-state index contributed by atoms with van der Waals surface area (Å²) in [6, 6.07) is -0.766. The second kappa shape index (κ2) is 3.49. The molecule has 0 fully saturated rings. The van der Waals surface area contributed by atoms with E-state index in [2.05, 4.69) is 4.98 Å². The second-order valence-electron chi connectivity index (χ2n) is 3.06. The number of aryl methyl sites for hydroxylation is 1. The Morgan fingerprint density at radius 1 is 1.57 bits per heavy atom. The Bertz CT molecular complexity index is 471. The maximum atomic E-state index is 11.2. The van der Waals surface area contributed by atoms with E-state index < -0.39 is 23.2 Å². The van der Waals surface area contributed by atoms with Crippen LogP contribution in [0, 0.1) is 6.92 Å². The summed E-state index contributed by atoms with van der Waals surface area (Å²) in [6.07, 6.45) is 1.32. The zero-order valence-corrected chi connectivity index (χ0v) is 7.90. The van der Waals surface area contributed by atoms with Crippen molar-refractivity contribution in [3.63, 3.8) is 0 Å². The number of carbonyl (C=O) groups is 1. The van der Waals surface area contributed by atoms with Crippen molar-refractivity contribution in [2.45, 2.75) is 19.9 Å². The van der Waals surface area contributed by atoms with Crippen molar-refractivity contribution in [1.82, 2.24) is 9.55 Å². The molecule has 3 N–H and O–H groups in total. The second-order valence-corrected chi connectivity index (χ2v) is 3.06. The van der Waals surface area contributed by atoms with Crippen LogP contribution in [-0.4, -0.2) is 15.5 Å². The van der Waals surface area contributed by atoms with Crippen molar-refractivity contribution >= 4 is 5.91 Å². The van der Waals surface area contributed by atoms with E-state index in [0.29, 0.717) is 5.56 Å². The highest BCUT2D eigenvalue weighted by molar-refractivity contribution is 5.77. The Labute approximate surface area is 79.4 Å². The van der Waals surface area contributed by atoms with Crippen LogP contribution in [0.3, 0.4) is 0 Å². The summed E-state index contributed by atoms with van der Waals surface area (Å²) in [4.78, 5) is 35.1. The van der Waals surface area contributed by atoms with Crippen LogP contribution in [0.15, 0.2) is 15.8 Å². The van der Waals surface area contributed by atoms with Gasteiger partial charge in [0.05, 0.1) is 0 Å². The lowest BCUT2D eigenvalue weighted by Gasteiger charge is -2.10.